The molecule has 2 aliphatic rings. The van der Waals surface area contributed by atoms with Gasteiger partial charge in [-0.25, -0.2) is 0 Å². The van der Waals surface area contributed by atoms with Crippen LogP contribution in [0.1, 0.15) is 25.7 Å². The fourth-order valence-electron chi connectivity index (χ4n) is 2.83. The van der Waals surface area contributed by atoms with E-state index in [1.165, 1.54) is 32.4 Å². The molecule has 2 saturated heterocycles. The molecule has 2 atom stereocenters. The molecule has 0 aromatic carbocycles. The van der Waals surface area contributed by atoms with E-state index in [0.29, 0.717) is 0 Å². The summed E-state index contributed by atoms with van der Waals surface area (Å²) in [5.74, 6) is 0. The summed E-state index contributed by atoms with van der Waals surface area (Å²) in [7, 11) is -0.149. The lowest BCUT2D eigenvalue weighted by Crippen LogP contribution is -2.49. The second-order valence-corrected chi connectivity index (χ2v) is 9.03. The summed E-state index contributed by atoms with van der Waals surface area (Å²) in [4.78, 5) is 2.52. The van der Waals surface area contributed by atoms with Gasteiger partial charge in [0.25, 0.3) is 0 Å². The van der Waals surface area contributed by atoms with Gasteiger partial charge in [0.15, 0.2) is 0 Å². The minimum Gasteiger partial charge on any atom is -0.398 e. The van der Waals surface area contributed by atoms with E-state index < -0.39 is 8.56 Å². The molecule has 106 valence electrons. The zero-order chi connectivity index (χ0) is 12.8. The van der Waals surface area contributed by atoms with E-state index in [-0.39, 0.29) is 6.10 Å². The maximum absolute atomic E-state index is 6.28. The fourth-order valence-corrected chi connectivity index (χ4v) is 4.88. The van der Waals surface area contributed by atoms with Crippen molar-refractivity contribution >= 4 is 8.56 Å². The highest BCUT2D eigenvalue weighted by molar-refractivity contribution is 6.66. The van der Waals surface area contributed by atoms with Gasteiger partial charge in [-0.15, -0.1) is 0 Å². The summed E-state index contributed by atoms with van der Waals surface area (Å²) in [6.45, 7) is 7.19. The van der Waals surface area contributed by atoms with Crippen molar-refractivity contribution in [2.75, 3.05) is 40.0 Å². The predicted molar refractivity (Wildman–Crippen MR) is 74.0 cm³/mol. The first-order valence-corrected chi connectivity index (χ1v) is 9.77. The SMILES string of the molecule is CO[Si]1(C)CCCOCC(CN2CCCCC2)O1. The first-order chi connectivity index (χ1) is 8.72. The zero-order valence-corrected chi connectivity index (χ0v) is 12.8. The van der Waals surface area contributed by atoms with Gasteiger partial charge in [-0.3, -0.25) is 0 Å². The van der Waals surface area contributed by atoms with Crippen molar-refractivity contribution in [2.24, 2.45) is 0 Å². The lowest BCUT2D eigenvalue weighted by atomic mass is 10.1. The van der Waals surface area contributed by atoms with Gasteiger partial charge in [0.2, 0.25) is 0 Å². The molecule has 2 aliphatic heterocycles. The van der Waals surface area contributed by atoms with E-state index in [1.807, 2.05) is 0 Å². The Bertz CT molecular complexity index is 248. The van der Waals surface area contributed by atoms with Crippen LogP contribution in [0.25, 0.3) is 0 Å². The molecule has 2 unspecified atom stereocenters. The number of hydrogen-bond acceptors (Lipinski definition) is 4. The normalized spacial score (nSPS) is 36.0. The van der Waals surface area contributed by atoms with Crippen LogP contribution in [0, 0.1) is 0 Å². The van der Waals surface area contributed by atoms with E-state index in [0.717, 1.165) is 32.2 Å². The van der Waals surface area contributed by atoms with E-state index in [9.17, 15) is 0 Å². The number of nitrogens with zero attached hydrogens (tertiary/aromatic N) is 1. The van der Waals surface area contributed by atoms with Crippen molar-refractivity contribution in [2.45, 2.75) is 44.4 Å². The smallest absolute Gasteiger partial charge is 0.335 e. The largest absolute Gasteiger partial charge is 0.398 e. The molecule has 5 heteroatoms. The summed E-state index contributed by atoms with van der Waals surface area (Å²) in [5.41, 5.74) is 0. The molecule has 0 saturated carbocycles. The van der Waals surface area contributed by atoms with E-state index in [1.54, 1.807) is 7.11 Å². The van der Waals surface area contributed by atoms with Crippen molar-refractivity contribution in [1.82, 2.24) is 4.90 Å². The maximum atomic E-state index is 6.28. The minimum atomic E-state index is -1.95. The second kappa shape index (κ2) is 7.00. The Balaban J connectivity index is 1.87. The Labute approximate surface area is 112 Å². The average Bonchev–Trinajstić information content (AvgIpc) is 2.37. The molecule has 0 aliphatic carbocycles. The Kier molecular flexibility index (Phi) is 5.63. The van der Waals surface area contributed by atoms with Crippen molar-refractivity contribution in [3.8, 4) is 0 Å². The molecule has 2 fully saturated rings. The standard InChI is InChI=1S/C13H27NO3Si/c1-15-18(2)10-6-9-16-12-13(17-18)11-14-7-4-3-5-8-14/h13H,3-12H2,1-2H3. The number of likely N-dealkylation sites (tertiary alicyclic amines) is 1. The van der Waals surface area contributed by atoms with E-state index in [2.05, 4.69) is 11.4 Å². The lowest BCUT2D eigenvalue weighted by Gasteiger charge is -2.36. The maximum Gasteiger partial charge on any atom is 0.335 e. The summed E-state index contributed by atoms with van der Waals surface area (Å²) >= 11 is 0. The molecule has 4 nitrogen and oxygen atoms in total. The van der Waals surface area contributed by atoms with Crippen molar-refractivity contribution in [3.63, 3.8) is 0 Å². The topological polar surface area (TPSA) is 30.9 Å². The third kappa shape index (κ3) is 4.31. The third-order valence-electron chi connectivity index (χ3n) is 3.98. The van der Waals surface area contributed by atoms with Crippen LogP contribution in [0.15, 0.2) is 0 Å². The molecule has 2 rings (SSSR count). The van der Waals surface area contributed by atoms with Crippen LogP contribution < -0.4 is 0 Å². The first kappa shape index (κ1) is 14.5. The number of hydrogen-bond donors (Lipinski definition) is 0. The molecule has 0 aromatic heterocycles. The van der Waals surface area contributed by atoms with Gasteiger partial charge >= 0.3 is 8.56 Å². The highest BCUT2D eigenvalue weighted by atomic mass is 28.4. The molecule has 0 aromatic rings. The van der Waals surface area contributed by atoms with Crippen LogP contribution in [0.5, 0.6) is 0 Å². The number of rotatable bonds is 3. The predicted octanol–water partition coefficient (Wildman–Crippen LogP) is 2.00. The van der Waals surface area contributed by atoms with Gasteiger partial charge < -0.3 is 18.5 Å². The van der Waals surface area contributed by atoms with Gasteiger partial charge in [-0.05, 0) is 44.9 Å². The van der Waals surface area contributed by atoms with Gasteiger partial charge in [-0.1, -0.05) is 6.42 Å². The van der Waals surface area contributed by atoms with E-state index in [4.69, 9.17) is 13.6 Å². The van der Waals surface area contributed by atoms with Crippen LogP contribution >= 0.6 is 0 Å². The summed E-state index contributed by atoms with van der Waals surface area (Å²) in [6, 6.07) is 1.04. The lowest BCUT2D eigenvalue weighted by molar-refractivity contribution is -0.00164. The number of piperidine rings is 1. The van der Waals surface area contributed by atoms with Crippen molar-refractivity contribution < 1.29 is 13.6 Å². The Hall–Kier alpha value is 0.0569. The molecular formula is C13H27NO3Si. The Morgan fingerprint density at radius 3 is 2.72 bits per heavy atom. The highest BCUT2D eigenvalue weighted by Crippen LogP contribution is 2.21. The first-order valence-electron chi connectivity index (χ1n) is 7.25. The average molecular weight is 273 g/mol. The summed E-state index contributed by atoms with van der Waals surface area (Å²) < 4.78 is 17.6. The minimum absolute atomic E-state index is 0.194. The third-order valence-corrected chi connectivity index (χ3v) is 6.94. The second-order valence-electron chi connectivity index (χ2n) is 5.62. The highest BCUT2D eigenvalue weighted by Gasteiger charge is 2.35. The van der Waals surface area contributed by atoms with Crippen LogP contribution in [-0.4, -0.2) is 59.5 Å². The van der Waals surface area contributed by atoms with Gasteiger partial charge in [-0.2, -0.15) is 0 Å². The summed E-state index contributed by atoms with van der Waals surface area (Å²) in [6.07, 6.45) is 5.29. The van der Waals surface area contributed by atoms with Crippen LogP contribution in [-0.2, 0) is 13.6 Å². The van der Waals surface area contributed by atoms with Crippen LogP contribution in [0.3, 0.4) is 0 Å². The Morgan fingerprint density at radius 1 is 1.22 bits per heavy atom. The Morgan fingerprint density at radius 2 is 2.00 bits per heavy atom. The molecule has 2 heterocycles. The molecule has 0 amide bonds. The fraction of sp³-hybridized carbons (Fsp3) is 1.00. The van der Waals surface area contributed by atoms with Gasteiger partial charge in [0, 0.05) is 20.3 Å². The monoisotopic (exact) mass is 273 g/mol. The van der Waals surface area contributed by atoms with Gasteiger partial charge in [0.05, 0.1) is 12.7 Å². The molecule has 0 radical (unpaired) electrons. The van der Waals surface area contributed by atoms with Gasteiger partial charge in [0.1, 0.15) is 0 Å². The molecule has 18 heavy (non-hydrogen) atoms. The molecule has 0 bridgehead atoms. The molecular weight excluding hydrogens is 246 g/mol. The van der Waals surface area contributed by atoms with E-state index >= 15 is 0 Å². The van der Waals surface area contributed by atoms with Crippen molar-refractivity contribution in [1.29, 1.82) is 0 Å². The van der Waals surface area contributed by atoms with Crippen LogP contribution in [0.4, 0.5) is 0 Å². The quantitative estimate of drug-likeness (QED) is 0.736. The number of ether oxygens (including phenoxy) is 1. The van der Waals surface area contributed by atoms with Crippen molar-refractivity contribution in [3.05, 3.63) is 0 Å². The zero-order valence-electron chi connectivity index (χ0n) is 11.8. The summed E-state index contributed by atoms with van der Waals surface area (Å²) in [5, 5.41) is 0. The molecule has 0 N–H and O–H groups in total. The molecule has 0 spiro atoms. The van der Waals surface area contributed by atoms with Crippen LogP contribution in [0.2, 0.25) is 12.6 Å².